The van der Waals surface area contributed by atoms with E-state index in [0.717, 1.165) is 34.9 Å². The van der Waals surface area contributed by atoms with Gasteiger partial charge in [-0.1, -0.05) is 6.92 Å². The van der Waals surface area contributed by atoms with E-state index in [9.17, 15) is 24.6 Å². The number of amides is 1. The van der Waals surface area contributed by atoms with Crippen LogP contribution in [0.5, 0.6) is 0 Å². The Kier molecular flexibility index (Phi) is 5.35. The standard InChI is InChI=1S/C30H30FN3O6/c1-3-30(39)18-10-22-25-16(12-34(22)26(35)17(18)13-40-28(30)37)24-20(33-27(36)29(38)8-4-5-9-29)7-6-15-14(2)19(31)11-21(32-25)23(15)24/h10-11,20,38-39H,3-9,12-13H2,1-2H3,(H,33,36)/t20?,30-/m0/s1. The monoisotopic (exact) mass is 547 g/mol. The van der Waals surface area contributed by atoms with Gasteiger partial charge in [-0.2, -0.15) is 0 Å². The average molecular weight is 548 g/mol. The molecule has 3 N–H and O–H groups in total. The number of aryl methyl sites for hydroxylation is 1. The molecule has 208 valence electrons. The van der Waals surface area contributed by atoms with Crippen molar-refractivity contribution < 1.29 is 28.9 Å². The van der Waals surface area contributed by atoms with Gasteiger partial charge in [0.05, 0.1) is 35.1 Å². The lowest BCUT2D eigenvalue weighted by Gasteiger charge is -2.32. The highest BCUT2D eigenvalue weighted by molar-refractivity contribution is 5.94. The van der Waals surface area contributed by atoms with E-state index in [1.165, 1.54) is 6.07 Å². The zero-order chi connectivity index (χ0) is 28.1. The first-order valence-corrected chi connectivity index (χ1v) is 13.9. The van der Waals surface area contributed by atoms with E-state index in [-0.39, 0.29) is 42.1 Å². The highest BCUT2D eigenvalue weighted by Gasteiger charge is 2.46. The lowest BCUT2D eigenvalue weighted by atomic mass is 9.81. The molecule has 4 aliphatic rings. The molecule has 0 radical (unpaired) electrons. The van der Waals surface area contributed by atoms with Crippen molar-refractivity contribution >= 4 is 22.8 Å². The molecule has 40 heavy (non-hydrogen) atoms. The predicted octanol–water partition coefficient (Wildman–Crippen LogP) is 2.94. The predicted molar refractivity (Wildman–Crippen MR) is 142 cm³/mol. The molecular formula is C30H30FN3O6. The number of esters is 1. The van der Waals surface area contributed by atoms with Crippen LogP contribution in [0.2, 0.25) is 0 Å². The number of pyridine rings is 2. The maximum absolute atomic E-state index is 15.1. The summed E-state index contributed by atoms with van der Waals surface area (Å²) in [5, 5.41) is 26.0. The molecule has 3 aromatic rings. The molecule has 0 bridgehead atoms. The second kappa shape index (κ2) is 8.44. The van der Waals surface area contributed by atoms with Crippen molar-refractivity contribution in [1.82, 2.24) is 14.9 Å². The molecule has 2 atom stereocenters. The van der Waals surface area contributed by atoms with E-state index in [1.54, 1.807) is 24.5 Å². The number of aliphatic hydroxyl groups is 2. The van der Waals surface area contributed by atoms with Crippen molar-refractivity contribution in [2.45, 2.75) is 89.2 Å². The van der Waals surface area contributed by atoms with Gasteiger partial charge in [0.15, 0.2) is 5.60 Å². The molecule has 1 amide bonds. The number of hydrogen-bond acceptors (Lipinski definition) is 7. The Bertz CT molecular complexity index is 1720. The number of cyclic esters (lactones) is 1. The van der Waals surface area contributed by atoms with Crippen molar-refractivity contribution in [2.75, 3.05) is 0 Å². The molecule has 2 aliphatic carbocycles. The van der Waals surface area contributed by atoms with Crippen LogP contribution in [-0.2, 0) is 39.5 Å². The Hall–Kier alpha value is -3.63. The topological polar surface area (TPSA) is 131 Å². The van der Waals surface area contributed by atoms with Crippen LogP contribution in [0.25, 0.3) is 22.3 Å². The van der Waals surface area contributed by atoms with E-state index in [2.05, 4.69) is 5.32 Å². The van der Waals surface area contributed by atoms with Gasteiger partial charge in [0, 0.05) is 22.6 Å². The lowest BCUT2D eigenvalue weighted by molar-refractivity contribution is -0.172. The number of hydrogen-bond donors (Lipinski definition) is 3. The first-order valence-electron chi connectivity index (χ1n) is 13.9. The number of ether oxygens (including phenoxy) is 1. The molecule has 2 aromatic heterocycles. The maximum Gasteiger partial charge on any atom is 0.343 e. The van der Waals surface area contributed by atoms with Gasteiger partial charge in [-0.15, -0.1) is 0 Å². The van der Waals surface area contributed by atoms with Crippen LogP contribution in [0.1, 0.15) is 84.9 Å². The maximum atomic E-state index is 15.1. The fourth-order valence-corrected chi connectivity index (χ4v) is 7.18. The minimum atomic E-state index is -1.96. The molecule has 4 heterocycles. The summed E-state index contributed by atoms with van der Waals surface area (Å²) in [6, 6.07) is 2.54. The molecule has 0 spiro atoms. The fourth-order valence-electron chi connectivity index (χ4n) is 7.18. The Morgan fingerprint density at radius 1 is 1.20 bits per heavy atom. The molecule has 1 unspecified atom stereocenters. The zero-order valence-corrected chi connectivity index (χ0v) is 22.4. The van der Waals surface area contributed by atoms with Gasteiger partial charge >= 0.3 is 5.97 Å². The quantitative estimate of drug-likeness (QED) is 0.336. The average Bonchev–Trinajstić information content (AvgIpc) is 3.55. The lowest BCUT2D eigenvalue weighted by Crippen LogP contribution is -2.46. The molecule has 1 fully saturated rings. The number of halogens is 1. The van der Waals surface area contributed by atoms with Crippen LogP contribution in [-0.4, -0.2) is 37.2 Å². The van der Waals surface area contributed by atoms with Crippen LogP contribution in [0.4, 0.5) is 4.39 Å². The summed E-state index contributed by atoms with van der Waals surface area (Å²) in [6.45, 7) is 3.31. The van der Waals surface area contributed by atoms with E-state index in [0.29, 0.717) is 48.2 Å². The SMILES string of the molecule is CC[C@@]1(O)C(=O)OCc2c1cc1n(c2=O)Cc2c-1nc1cc(F)c(C)c3c1c2C(NC(=O)C1(O)CCCC1)CC3. The summed E-state index contributed by atoms with van der Waals surface area (Å²) >= 11 is 0. The molecule has 0 saturated heterocycles. The Morgan fingerprint density at radius 3 is 2.67 bits per heavy atom. The summed E-state index contributed by atoms with van der Waals surface area (Å²) in [5.41, 5.74) is 0.812. The van der Waals surface area contributed by atoms with Gasteiger partial charge in [0.2, 0.25) is 0 Å². The number of nitrogens with one attached hydrogen (secondary N) is 1. The molecule has 2 aliphatic heterocycles. The number of carbonyl (C=O) groups is 2. The van der Waals surface area contributed by atoms with Crippen LogP contribution < -0.4 is 10.9 Å². The van der Waals surface area contributed by atoms with Gasteiger partial charge in [-0.05, 0) is 74.6 Å². The highest BCUT2D eigenvalue weighted by Crippen LogP contribution is 2.46. The van der Waals surface area contributed by atoms with Crippen molar-refractivity contribution in [3.05, 3.63) is 61.7 Å². The second-order valence-electron chi connectivity index (χ2n) is 11.6. The van der Waals surface area contributed by atoms with Gasteiger partial charge in [0.25, 0.3) is 11.5 Å². The molecule has 1 aromatic carbocycles. The molecular weight excluding hydrogens is 517 g/mol. The van der Waals surface area contributed by atoms with Crippen molar-refractivity contribution in [3.8, 4) is 11.4 Å². The Morgan fingerprint density at radius 2 is 1.95 bits per heavy atom. The summed E-state index contributed by atoms with van der Waals surface area (Å²) in [7, 11) is 0. The molecule has 1 saturated carbocycles. The number of benzene rings is 1. The Balaban J connectivity index is 1.46. The number of aromatic nitrogens is 2. The number of nitrogens with zero attached hydrogens (tertiary/aromatic N) is 2. The molecule has 9 nitrogen and oxygen atoms in total. The van der Waals surface area contributed by atoms with Crippen molar-refractivity contribution in [3.63, 3.8) is 0 Å². The van der Waals surface area contributed by atoms with Gasteiger partial charge < -0.3 is 24.8 Å². The minimum Gasteiger partial charge on any atom is -0.458 e. The minimum absolute atomic E-state index is 0.0237. The zero-order valence-electron chi connectivity index (χ0n) is 22.4. The smallest absolute Gasteiger partial charge is 0.343 e. The van der Waals surface area contributed by atoms with Crippen LogP contribution in [0.15, 0.2) is 16.9 Å². The number of carbonyl (C=O) groups excluding carboxylic acids is 2. The van der Waals surface area contributed by atoms with Crippen LogP contribution in [0.3, 0.4) is 0 Å². The first-order chi connectivity index (χ1) is 19.1. The summed E-state index contributed by atoms with van der Waals surface area (Å²) in [6.07, 6.45) is 3.43. The van der Waals surface area contributed by atoms with E-state index in [4.69, 9.17) is 9.72 Å². The van der Waals surface area contributed by atoms with Crippen molar-refractivity contribution in [2.24, 2.45) is 0 Å². The van der Waals surface area contributed by atoms with Crippen LogP contribution in [0, 0.1) is 12.7 Å². The third-order valence-electron chi connectivity index (χ3n) is 9.54. The van der Waals surface area contributed by atoms with Crippen LogP contribution >= 0.6 is 0 Å². The van der Waals surface area contributed by atoms with Gasteiger partial charge in [0.1, 0.15) is 18.0 Å². The van der Waals surface area contributed by atoms with Gasteiger partial charge in [-0.25, -0.2) is 14.2 Å². The third kappa shape index (κ3) is 3.26. The number of fused-ring (bicyclic) bond motifs is 5. The summed E-state index contributed by atoms with van der Waals surface area (Å²) in [5.74, 6) is -1.60. The third-order valence-corrected chi connectivity index (χ3v) is 9.54. The Labute approximate surface area is 229 Å². The second-order valence-corrected chi connectivity index (χ2v) is 11.6. The normalized spacial score (nSPS) is 23.9. The molecule has 10 heteroatoms. The van der Waals surface area contributed by atoms with Gasteiger partial charge in [-0.3, -0.25) is 9.59 Å². The van der Waals surface area contributed by atoms with E-state index >= 15 is 4.39 Å². The highest BCUT2D eigenvalue weighted by atomic mass is 19.1. The first kappa shape index (κ1) is 25.3. The number of rotatable bonds is 3. The van der Waals surface area contributed by atoms with E-state index < -0.39 is 29.1 Å². The summed E-state index contributed by atoms with van der Waals surface area (Å²) < 4.78 is 21.8. The fraction of sp³-hybridized carbons (Fsp3) is 0.467. The molecule has 7 rings (SSSR count). The van der Waals surface area contributed by atoms with E-state index in [1.807, 2.05) is 0 Å². The largest absolute Gasteiger partial charge is 0.458 e. The van der Waals surface area contributed by atoms with Crippen molar-refractivity contribution in [1.29, 1.82) is 0 Å². The summed E-state index contributed by atoms with van der Waals surface area (Å²) in [4.78, 5) is 44.4.